The average Bonchev–Trinajstić information content (AvgIpc) is 1.59. The minimum atomic E-state index is -1.83. The number of benzene rings is 6. The SMILES string of the molecule is CC(C)(C)OC(=O)N1CC(N=[N+]=[N-])C(O)C(n2c3ccccc3c3ccccc32)C1.CC(C)(C)OC(=O)N1CC(O)C(O)[C@@H](n2c3ccccc3c3ccccc32)C1.CC(C)(C)OC(=O)N1CC2OS(=O)OC2[C@@H](n2c3ccccc3c3ccccc32)C1.O=S(Cl)Cl.[N-]=[N+]=[N-].[Na+]. The third-order valence-corrected chi connectivity index (χ3v) is 16.9. The van der Waals surface area contributed by atoms with Crippen LogP contribution in [0.1, 0.15) is 80.4 Å². The Morgan fingerprint density at radius 1 is 0.500 bits per heavy atom. The molecule has 4 fully saturated rings. The molecule has 504 valence electrons. The molecule has 3 N–H and O–H groups in total. The fourth-order valence-corrected chi connectivity index (χ4v) is 13.5. The van der Waals surface area contributed by atoms with Gasteiger partial charge in [0.2, 0.25) is 9.23 Å². The monoisotopic (exact) mass is 1400 g/mol. The minimum Gasteiger partial charge on any atom is -0.444 e. The van der Waals surface area contributed by atoms with Crippen LogP contribution < -0.4 is 29.6 Å². The summed E-state index contributed by atoms with van der Waals surface area (Å²) in [6.45, 7) is 17.7. The number of aliphatic hydroxyl groups is 3. The molecule has 30 heteroatoms. The Kier molecular flexibility index (Phi) is 24.5. The average molecular weight is 1400 g/mol. The van der Waals surface area contributed by atoms with Crippen LogP contribution in [0, 0.1) is 0 Å². The number of hydrogen-bond acceptors (Lipinski definition) is 14. The van der Waals surface area contributed by atoms with Crippen molar-refractivity contribution in [1.82, 2.24) is 28.4 Å². The van der Waals surface area contributed by atoms with E-state index >= 15 is 0 Å². The predicted octanol–water partition coefficient (Wildman–Crippen LogP) is 10.8. The first-order valence-electron chi connectivity index (χ1n) is 30.5. The van der Waals surface area contributed by atoms with Crippen LogP contribution in [-0.4, -0.2) is 163 Å². The van der Waals surface area contributed by atoms with Crippen LogP contribution in [0.3, 0.4) is 0 Å². The molecular weight excluding hydrogens is 1330 g/mol. The second-order valence-corrected chi connectivity index (χ2v) is 29.4. The number of fused-ring (bicyclic) bond motifs is 10. The van der Waals surface area contributed by atoms with Gasteiger partial charge in [-0.1, -0.05) is 114 Å². The number of likely N-dealkylation sites (tertiary alicyclic amines) is 3. The summed E-state index contributed by atoms with van der Waals surface area (Å²) >= 11 is -1.83. The molecule has 7 heterocycles. The van der Waals surface area contributed by atoms with Crippen molar-refractivity contribution in [3.8, 4) is 0 Å². The molecule has 25 nitrogen and oxygen atoms in total. The van der Waals surface area contributed by atoms with E-state index in [-0.39, 0.29) is 68.3 Å². The molecule has 4 aliphatic rings. The van der Waals surface area contributed by atoms with E-state index in [2.05, 4.69) is 60.2 Å². The summed E-state index contributed by atoms with van der Waals surface area (Å²) in [5.74, 6) is 0. The summed E-state index contributed by atoms with van der Waals surface area (Å²) in [6.07, 6.45) is -5.28. The van der Waals surface area contributed by atoms with E-state index in [1.54, 1.807) is 25.7 Å². The van der Waals surface area contributed by atoms with Crippen LogP contribution in [-0.2, 0) is 43.2 Å². The van der Waals surface area contributed by atoms with E-state index < -0.39 is 104 Å². The van der Waals surface area contributed by atoms with Crippen LogP contribution in [0.25, 0.3) is 91.8 Å². The molecule has 3 aromatic heterocycles. The molecule has 8 unspecified atom stereocenters. The Bertz CT molecular complexity index is 4250. The third kappa shape index (κ3) is 17.2. The molecule has 13 rings (SSSR count). The number of β-amino-alcohol motifs (C(OH)–C–C–N with tert-alkyl or cyclic N) is 1. The molecule has 0 saturated carbocycles. The van der Waals surface area contributed by atoms with Crippen LogP contribution in [0.2, 0.25) is 0 Å². The minimum absolute atomic E-state index is 0. The number of nitrogens with zero attached hydrogens (tertiary/aromatic N) is 12. The molecule has 4 aliphatic heterocycles. The van der Waals surface area contributed by atoms with Gasteiger partial charge in [-0.05, 0) is 104 Å². The van der Waals surface area contributed by atoms with Crippen LogP contribution >= 0.6 is 21.4 Å². The van der Waals surface area contributed by atoms with E-state index in [1.165, 1.54) is 14.7 Å². The van der Waals surface area contributed by atoms with E-state index in [9.17, 15) is 33.9 Å². The van der Waals surface area contributed by atoms with Crippen LogP contribution in [0.15, 0.2) is 151 Å². The number of piperidine rings is 3. The summed E-state index contributed by atoms with van der Waals surface area (Å²) in [6, 6.07) is 46.2. The van der Waals surface area contributed by atoms with Crippen molar-refractivity contribution in [2.45, 2.75) is 134 Å². The largest absolute Gasteiger partial charge is 1.00 e. The number of aliphatic hydroxyl groups excluding tert-OH is 3. The van der Waals surface area contributed by atoms with Gasteiger partial charge in [0.15, 0.2) is 0 Å². The Morgan fingerprint density at radius 2 is 0.781 bits per heavy atom. The zero-order valence-corrected chi connectivity index (χ0v) is 59.8. The molecule has 9 aromatic rings. The summed E-state index contributed by atoms with van der Waals surface area (Å²) < 4.78 is 55.3. The Labute approximate surface area is 590 Å². The molecule has 10 atom stereocenters. The Balaban J connectivity index is 0.000000175. The molecule has 6 aromatic carbocycles. The zero-order chi connectivity index (χ0) is 68.8. The smallest absolute Gasteiger partial charge is 0.444 e. The Hall–Kier alpha value is -7.17. The summed E-state index contributed by atoms with van der Waals surface area (Å²) in [7, 11) is 7.36. The van der Waals surface area contributed by atoms with Gasteiger partial charge in [-0.25, -0.2) is 18.6 Å². The fourth-order valence-electron chi connectivity index (χ4n) is 12.6. The maximum Gasteiger partial charge on any atom is 1.00 e. The van der Waals surface area contributed by atoms with Crippen LogP contribution in [0.4, 0.5) is 14.4 Å². The van der Waals surface area contributed by atoms with Crippen molar-refractivity contribution in [2.75, 3.05) is 39.3 Å². The van der Waals surface area contributed by atoms with Gasteiger partial charge in [-0.15, -0.1) is 0 Å². The quantitative estimate of drug-likeness (QED) is 0.0369. The molecule has 0 bridgehead atoms. The van der Waals surface area contributed by atoms with Gasteiger partial charge in [-0.2, -0.15) is 4.21 Å². The van der Waals surface area contributed by atoms with Gasteiger partial charge in [0.05, 0.1) is 49.5 Å². The second kappa shape index (κ2) is 31.6. The molecular formula is C66H75Cl2N12NaO13S2. The number of hydrogen-bond donors (Lipinski definition) is 3. The zero-order valence-electron chi connectivity index (χ0n) is 54.7. The first-order chi connectivity index (χ1) is 45.0. The molecule has 96 heavy (non-hydrogen) atoms. The molecule has 4 saturated heterocycles. The maximum atomic E-state index is 12.8. The van der Waals surface area contributed by atoms with E-state index in [4.69, 9.17) is 43.4 Å². The summed E-state index contributed by atoms with van der Waals surface area (Å²) in [5.41, 5.74) is 26.5. The standard InChI is InChI=1S/C22H25N5O3.C22H24N2O5S.C22H26N2O4.Cl2OS.N3.Na/c1-22(2,3)30-21(29)26-12-16(24-25-23)20(28)19(13-26)27-17-10-6-4-8-14(17)15-9-5-7-11-18(15)27;1-22(2,3)27-21(25)23-12-18(20-19(13-23)28-30(26)29-20)24-16-10-6-4-8-14(16)15-9-5-7-11-17(15)24;1-22(2,3)28-21(27)23-12-18(20(26)19(25)13-23)24-16-10-6-4-8-14(16)15-9-5-7-11-17(15)24;1-4(2)3;1-3-2;/h4-11,16,19-20,28H,12-13H2,1-3H3;4-11,18-20H,12-13H2,1-3H3;4-11,18-20,25-26H,12-13H2,1-3H3;;;/q;;;;-1;+1/t;18-,19?,20?,30?;18-,19?,20?;;;/m.00.../s1. The maximum absolute atomic E-state index is 12.8. The van der Waals surface area contributed by atoms with Gasteiger partial charge >= 0.3 is 59.2 Å². The first-order valence-corrected chi connectivity index (χ1v) is 34.3. The number of halogens is 2. The molecule has 0 spiro atoms. The van der Waals surface area contributed by atoms with Gasteiger partial charge < -0.3 is 69.0 Å². The molecule has 0 aliphatic carbocycles. The van der Waals surface area contributed by atoms with Gasteiger partial charge in [0, 0.05) is 118 Å². The van der Waals surface area contributed by atoms with Crippen molar-refractivity contribution in [1.29, 1.82) is 0 Å². The Morgan fingerprint density at radius 3 is 1.10 bits per heavy atom. The molecule has 3 amide bonds. The summed E-state index contributed by atoms with van der Waals surface area (Å²) in [5, 5.41) is 42.7. The number of para-hydroxylation sites is 6. The van der Waals surface area contributed by atoms with E-state index in [0.29, 0.717) is 6.54 Å². The first kappa shape index (κ1) is 74.6. The van der Waals surface area contributed by atoms with E-state index in [0.717, 1.165) is 65.4 Å². The van der Waals surface area contributed by atoms with Crippen molar-refractivity contribution in [2.24, 2.45) is 5.11 Å². The number of aromatic nitrogens is 3. The van der Waals surface area contributed by atoms with Gasteiger partial charge in [0.25, 0.3) is 0 Å². The molecule has 0 radical (unpaired) electrons. The number of ether oxygens (including phenoxy) is 3. The van der Waals surface area contributed by atoms with Crippen LogP contribution in [0.5, 0.6) is 0 Å². The third-order valence-electron chi connectivity index (χ3n) is 16.2. The van der Waals surface area contributed by atoms with E-state index in [1.807, 2.05) is 172 Å². The van der Waals surface area contributed by atoms with Crippen molar-refractivity contribution in [3.05, 3.63) is 172 Å². The number of amides is 3. The van der Waals surface area contributed by atoms with Gasteiger partial charge in [0.1, 0.15) is 35.1 Å². The number of azide groups is 1. The summed E-state index contributed by atoms with van der Waals surface area (Å²) in [4.78, 5) is 47.3. The van der Waals surface area contributed by atoms with Gasteiger partial charge in [-0.3, -0.25) is 13.3 Å². The van der Waals surface area contributed by atoms with Crippen molar-refractivity contribution >= 4 is 126 Å². The predicted molar refractivity (Wildman–Crippen MR) is 368 cm³/mol. The number of rotatable bonds is 4. The number of carbonyl (C=O) groups excluding carboxylic acids is 3. The topological polar surface area (TPSA) is 324 Å². The number of carbonyl (C=O) groups is 3. The normalized spacial score (nSPS) is 22.6. The fraction of sp³-hybridized carbons (Fsp3) is 0.409. The van der Waals surface area contributed by atoms with Crippen molar-refractivity contribution in [3.63, 3.8) is 0 Å². The second-order valence-electron chi connectivity index (χ2n) is 26.1. The van der Waals surface area contributed by atoms with Crippen molar-refractivity contribution < 1.29 is 90.3 Å².